The van der Waals surface area contributed by atoms with Crippen LogP contribution in [0.3, 0.4) is 0 Å². The molecule has 0 bridgehead atoms. The van der Waals surface area contributed by atoms with Gasteiger partial charge >= 0.3 is 0 Å². The summed E-state index contributed by atoms with van der Waals surface area (Å²) in [6.07, 6.45) is 2.87. The van der Waals surface area contributed by atoms with Crippen LogP contribution in [0.4, 0.5) is 17.3 Å². The number of nitrogen functional groups attached to an aromatic ring is 1. The van der Waals surface area contributed by atoms with Gasteiger partial charge in [-0.05, 0) is 12.8 Å². The van der Waals surface area contributed by atoms with Crippen molar-refractivity contribution in [2.75, 3.05) is 42.7 Å². The van der Waals surface area contributed by atoms with Gasteiger partial charge in [0.05, 0.1) is 6.10 Å². The van der Waals surface area contributed by atoms with Gasteiger partial charge in [0.1, 0.15) is 12.0 Å². The smallest absolute Gasteiger partial charge is 0.157 e. The topological polar surface area (TPSA) is 78.5 Å². The van der Waals surface area contributed by atoms with E-state index in [0.29, 0.717) is 5.69 Å². The summed E-state index contributed by atoms with van der Waals surface area (Å²) in [6.45, 7) is 1.57. The quantitative estimate of drug-likeness (QED) is 0.758. The maximum Gasteiger partial charge on any atom is 0.157 e. The van der Waals surface area contributed by atoms with Gasteiger partial charge in [0.15, 0.2) is 11.6 Å². The number of nitrogens with zero attached hydrogens (tertiary/aromatic N) is 4. The molecular weight excluding hydrogens is 218 g/mol. The molecule has 0 radical (unpaired) electrons. The third-order valence-electron chi connectivity index (χ3n) is 3.03. The van der Waals surface area contributed by atoms with E-state index in [1.54, 1.807) is 0 Å². The maximum absolute atomic E-state index is 9.49. The molecule has 0 atom stereocenters. The summed E-state index contributed by atoms with van der Waals surface area (Å²) in [6, 6.07) is 0. The van der Waals surface area contributed by atoms with Crippen LogP contribution in [0.5, 0.6) is 0 Å². The van der Waals surface area contributed by atoms with Crippen molar-refractivity contribution in [1.82, 2.24) is 9.97 Å². The molecule has 0 amide bonds. The Bertz CT molecular complexity index is 387. The molecule has 1 aliphatic heterocycles. The molecule has 94 valence electrons. The minimum Gasteiger partial charge on any atom is -0.393 e. The zero-order valence-corrected chi connectivity index (χ0v) is 10.3. The molecule has 0 unspecified atom stereocenters. The molecule has 1 saturated heterocycles. The highest BCUT2D eigenvalue weighted by atomic mass is 16.3. The van der Waals surface area contributed by atoms with Crippen molar-refractivity contribution in [2.45, 2.75) is 18.9 Å². The largest absolute Gasteiger partial charge is 0.393 e. The molecule has 1 aliphatic rings. The average molecular weight is 237 g/mol. The first-order valence-electron chi connectivity index (χ1n) is 5.80. The number of aliphatic hydroxyl groups excluding tert-OH is 1. The van der Waals surface area contributed by atoms with Crippen molar-refractivity contribution in [1.29, 1.82) is 0 Å². The predicted octanol–water partition coefficient (Wildman–Crippen LogP) is 0.0859. The van der Waals surface area contributed by atoms with Crippen molar-refractivity contribution in [3.63, 3.8) is 0 Å². The zero-order valence-electron chi connectivity index (χ0n) is 10.3. The van der Waals surface area contributed by atoms with Crippen LogP contribution in [-0.2, 0) is 0 Å². The van der Waals surface area contributed by atoms with Crippen molar-refractivity contribution in [3.8, 4) is 0 Å². The second kappa shape index (κ2) is 4.75. The monoisotopic (exact) mass is 237 g/mol. The Morgan fingerprint density at radius 1 is 1.35 bits per heavy atom. The fourth-order valence-corrected chi connectivity index (χ4v) is 2.06. The summed E-state index contributed by atoms with van der Waals surface area (Å²) in [7, 11) is 3.81. The zero-order chi connectivity index (χ0) is 12.4. The fraction of sp³-hybridized carbons (Fsp3) is 0.636. The molecule has 0 spiro atoms. The summed E-state index contributed by atoms with van der Waals surface area (Å²) in [5.41, 5.74) is 6.68. The molecule has 1 aromatic heterocycles. The third-order valence-corrected chi connectivity index (χ3v) is 3.03. The molecule has 6 heteroatoms. The van der Waals surface area contributed by atoms with Gasteiger partial charge in [0, 0.05) is 27.2 Å². The maximum atomic E-state index is 9.49. The highest BCUT2D eigenvalue weighted by Gasteiger charge is 2.21. The lowest BCUT2D eigenvalue weighted by Crippen LogP contribution is -2.37. The van der Waals surface area contributed by atoms with Gasteiger partial charge in [-0.1, -0.05) is 0 Å². The number of hydrogen-bond donors (Lipinski definition) is 2. The lowest BCUT2D eigenvalue weighted by atomic mass is 10.1. The molecule has 0 aromatic carbocycles. The summed E-state index contributed by atoms with van der Waals surface area (Å²) >= 11 is 0. The highest BCUT2D eigenvalue weighted by molar-refractivity contribution is 5.75. The van der Waals surface area contributed by atoms with E-state index in [9.17, 15) is 5.11 Å². The molecule has 1 fully saturated rings. The molecule has 17 heavy (non-hydrogen) atoms. The van der Waals surface area contributed by atoms with Crippen LogP contribution in [0, 0.1) is 0 Å². The Morgan fingerprint density at radius 2 is 2.00 bits per heavy atom. The lowest BCUT2D eigenvalue weighted by molar-refractivity contribution is 0.145. The number of aromatic nitrogens is 2. The minimum atomic E-state index is -0.192. The van der Waals surface area contributed by atoms with Crippen LogP contribution in [-0.4, -0.2) is 48.4 Å². The number of anilines is 3. The van der Waals surface area contributed by atoms with E-state index in [-0.39, 0.29) is 6.10 Å². The fourth-order valence-electron chi connectivity index (χ4n) is 2.06. The summed E-state index contributed by atoms with van der Waals surface area (Å²) in [4.78, 5) is 12.4. The van der Waals surface area contributed by atoms with Gasteiger partial charge in [0.25, 0.3) is 0 Å². The Balaban J connectivity index is 2.24. The third kappa shape index (κ3) is 2.41. The van der Waals surface area contributed by atoms with Crippen LogP contribution in [0.25, 0.3) is 0 Å². The Hall–Kier alpha value is -1.56. The van der Waals surface area contributed by atoms with E-state index in [1.807, 2.05) is 19.0 Å². The van der Waals surface area contributed by atoms with Crippen LogP contribution in [0.15, 0.2) is 6.33 Å². The molecule has 0 saturated carbocycles. The SMILES string of the molecule is CN(C)c1ncnc(N2CCC(O)CC2)c1N. The van der Waals surface area contributed by atoms with E-state index in [4.69, 9.17) is 5.73 Å². The van der Waals surface area contributed by atoms with Gasteiger partial charge in [-0.2, -0.15) is 0 Å². The standard InChI is InChI=1S/C11H19N5O/c1-15(2)10-9(12)11(14-7-13-10)16-5-3-8(17)4-6-16/h7-8,17H,3-6,12H2,1-2H3. The number of hydrogen-bond acceptors (Lipinski definition) is 6. The summed E-state index contributed by atoms with van der Waals surface area (Å²) < 4.78 is 0. The normalized spacial score (nSPS) is 17.2. The van der Waals surface area contributed by atoms with Crippen molar-refractivity contribution in [3.05, 3.63) is 6.33 Å². The first-order valence-corrected chi connectivity index (χ1v) is 5.80. The molecule has 3 N–H and O–H groups in total. The van der Waals surface area contributed by atoms with Gasteiger partial charge in [-0.3, -0.25) is 0 Å². The second-order valence-electron chi connectivity index (χ2n) is 4.55. The van der Waals surface area contributed by atoms with Crippen LogP contribution >= 0.6 is 0 Å². The van der Waals surface area contributed by atoms with Crippen molar-refractivity contribution < 1.29 is 5.11 Å². The number of aliphatic hydroxyl groups is 1. The van der Waals surface area contributed by atoms with Gasteiger partial charge in [-0.25, -0.2) is 9.97 Å². The van der Waals surface area contributed by atoms with Crippen LogP contribution in [0.1, 0.15) is 12.8 Å². The van der Waals surface area contributed by atoms with E-state index in [0.717, 1.165) is 37.6 Å². The first-order chi connectivity index (χ1) is 8.09. The van der Waals surface area contributed by atoms with Crippen LogP contribution < -0.4 is 15.5 Å². The molecular formula is C11H19N5O. The Labute approximate surface area is 101 Å². The second-order valence-corrected chi connectivity index (χ2v) is 4.55. The summed E-state index contributed by atoms with van der Waals surface area (Å²) in [5.74, 6) is 1.51. The lowest BCUT2D eigenvalue weighted by Gasteiger charge is -2.31. The van der Waals surface area contributed by atoms with Crippen LogP contribution in [0.2, 0.25) is 0 Å². The molecule has 1 aromatic rings. The van der Waals surface area contributed by atoms with Gasteiger partial charge in [0.2, 0.25) is 0 Å². The van der Waals surface area contributed by atoms with Crippen molar-refractivity contribution >= 4 is 17.3 Å². The van der Waals surface area contributed by atoms with Gasteiger partial charge in [-0.15, -0.1) is 0 Å². The number of nitrogens with two attached hydrogens (primary N) is 1. The first kappa shape index (κ1) is 11.9. The molecule has 0 aliphatic carbocycles. The average Bonchev–Trinajstić information content (AvgIpc) is 2.30. The minimum absolute atomic E-state index is 0.192. The Kier molecular flexibility index (Phi) is 3.33. The summed E-state index contributed by atoms with van der Waals surface area (Å²) in [5, 5.41) is 9.49. The predicted molar refractivity (Wildman–Crippen MR) is 68.2 cm³/mol. The number of piperidine rings is 1. The van der Waals surface area contributed by atoms with Gasteiger partial charge < -0.3 is 20.6 Å². The highest BCUT2D eigenvalue weighted by Crippen LogP contribution is 2.29. The van der Waals surface area contributed by atoms with E-state index in [2.05, 4.69) is 14.9 Å². The van der Waals surface area contributed by atoms with E-state index >= 15 is 0 Å². The van der Waals surface area contributed by atoms with E-state index < -0.39 is 0 Å². The van der Waals surface area contributed by atoms with Crippen molar-refractivity contribution in [2.24, 2.45) is 0 Å². The molecule has 2 heterocycles. The Morgan fingerprint density at radius 3 is 2.59 bits per heavy atom. The van der Waals surface area contributed by atoms with E-state index in [1.165, 1.54) is 6.33 Å². The molecule has 2 rings (SSSR count). The number of rotatable bonds is 2. The molecule has 6 nitrogen and oxygen atoms in total.